The summed E-state index contributed by atoms with van der Waals surface area (Å²) in [6, 6.07) is 0.135. The minimum Gasteiger partial charge on any atom is -0.204 e. The maximum atomic E-state index is 13.3. The van der Waals surface area contributed by atoms with Crippen LogP contribution in [0.2, 0.25) is 0 Å². The average molecular weight is 286 g/mol. The van der Waals surface area contributed by atoms with Gasteiger partial charge in [-0.15, -0.1) is 10.2 Å². The Bertz CT molecular complexity index is 659. The molecule has 2 aromatic rings. The molecular weight excluding hydrogens is 280 g/mol. The Balaban J connectivity index is 2.44. The van der Waals surface area contributed by atoms with Gasteiger partial charge in [0.25, 0.3) is 0 Å². The van der Waals surface area contributed by atoms with Gasteiger partial charge in [-0.1, -0.05) is 24.2 Å². The van der Waals surface area contributed by atoms with Crippen molar-refractivity contribution >= 4 is 11.3 Å². The molecule has 2 nitrogen and oxygen atoms in total. The summed E-state index contributed by atoms with van der Waals surface area (Å²) in [6.07, 6.45) is 0.649. The smallest absolute Gasteiger partial charge is 0.191 e. The lowest BCUT2D eigenvalue weighted by molar-refractivity contribution is 0.450. The summed E-state index contributed by atoms with van der Waals surface area (Å²) in [5.74, 6) is -1.65. The van der Waals surface area contributed by atoms with Crippen molar-refractivity contribution in [1.82, 2.24) is 10.2 Å². The molecule has 0 radical (unpaired) electrons. The SMILES string of the molecule is CCc1nnc(C#Cc2c(F)c(F)cc(F)c2F)s1. The van der Waals surface area contributed by atoms with Crippen LogP contribution in [0.5, 0.6) is 0 Å². The molecule has 98 valence electrons. The van der Waals surface area contributed by atoms with E-state index < -0.39 is 28.8 Å². The van der Waals surface area contributed by atoms with Crippen LogP contribution in [0.4, 0.5) is 17.6 Å². The fourth-order valence-electron chi connectivity index (χ4n) is 1.25. The zero-order valence-electron chi connectivity index (χ0n) is 9.60. The molecule has 1 heterocycles. The van der Waals surface area contributed by atoms with Crippen LogP contribution in [-0.2, 0) is 6.42 Å². The second-order valence-corrected chi connectivity index (χ2v) is 4.51. The molecule has 0 aliphatic rings. The van der Waals surface area contributed by atoms with Gasteiger partial charge in [-0.05, 0) is 12.3 Å². The number of aromatic nitrogens is 2. The lowest BCUT2D eigenvalue weighted by Gasteiger charge is -1.99. The van der Waals surface area contributed by atoms with Crippen LogP contribution in [0.15, 0.2) is 6.07 Å². The van der Waals surface area contributed by atoms with Gasteiger partial charge in [-0.3, -0.25) is 0 Å². The van der Waals surface area contributed by atoms with Crippen LogP contribution in [0.3, 0.4) is 0 Å². The third kappa shape index (κ3) is 2.74. The van der Waals surface area contributed by atoms with Gasteiger partial charge in [0, 0.05) is 6.07 Å². The van der Waals surface area contributed by atoms with E-state index in [0.717, 1.165) is 11.3 Å². The quantitative estimate of drug-likeness (QED) is 0.457. The molecule has 0 spiro atoms. The van der Waals surface area contributed by atoms with Crippen molar-refractivity contribution in [3.63, 3.8) is 0 Å². The third-order valence-electron chi connectivity index (χ3n) is 2.18. The van der Waals surface area contributed by atoms with Gasteiger partial charge >= 0.3 is 0 Å². The number of benzene rings is 1. The second kappa shape index (κ2) is 5.36. The van der Waals surface area contributed by atoms with Gasteiger partial charge in [-0.2, -0.15) is 0 Å². The van der Waals surface area contributed by atoms with Crippen molar-refractivity contribution < 1.29 is 17.6 Å². The predicted molar refractivity (Wildman–Crippen MR) is 61.5 cm³/mol. The molecule has 0 amide bonds. The first-order valence-corrected chi connectivity index (χ1v) is 6.02. The van der Waals surface area contributed by atoms with Crippen LogP contribution in [0.25, 0.3) is 0 Å². The summed E-state index contributed by atoms with van der Waals surface area (Å²) in [7, 11) is 0. The predicted octanol–water partition coefficient (Wildman–Crippen LogP) is 3.06. The van der Waals surface area contributed by atoms with Crippen molar-refractivity contribution in [3.05, 3.63) is 44.9 Å². The molecule has 19 heavy (non-hydrogen) atoms. The Morgan fingerprint density at radius 2 is 1.68 bits per heavy atom. The molecule has 0 saturated carbocycles. The van der Waals surface area contributed by atoms with E-state index in [-0.39, 0.29) is 11.1 Å². The first-order chi connectivity index (χ1) is 9.02. The molecule has 2 rings (SSSR count). The van der Waals surface area contributed by atoms with Crippen molar-refractivity contribution in [2.75, 3.05) is 0 Å². The Morgan fingerprint density at radius 3 is 2.21 bits per heavy atom. The summed E-state index contributed by atoms with van der Waals surface area (Å²) >= 11 is 1.14. The molecule has 0 aliphatic carbocycles. The number of hydrogen-bond acceptors (Lipinski definition) is 3. The van der Waals surface area contributed by atoms with Crippen LogP contribution in [0.1, 0.15) is 22.5 Å². The molecule has 0 unspecified atom stereocenters. The van der Waals surface area contributed by atoms with Gasteiger partial charge in [0.1, 0.15) is 10.6 Å². The number of rotatable bonds is 1. The van der Waals surface area contributed by atoms with Gasteiger partial charge in [0.15, 0.2) is 28.3 Å². The molecule has 0 saturated heterocycles. The lowest BCUT2D eigenvalue weighted by Crippen LogP contribution is -1.98. The summed E-state index contributed by atoms with van der Waals surface area (Å²) < 4.78 is 52.5. The van der Waals surface area contributed by atoms with E-state index in [9.17, 15) is 17.6 Å². The van der Waals surface area contributed by atoms with Crippen LogP contribution < -0.4 is 0 Å². The van der Waals surface area contributed by atoms with E-state index in [0.29, 0.717) is 11.4 Å². The highest BCUT2D eigenvalue weighted by Gasteiger charge is 2.17. The topological polar surface area (TPSA) is 25.8 Å². The van der Waals surface area contributed by atoms with E-state index in [1.54, 1.807) is 0 Å². The van der Waals surface area contributed by atoms with E-state index in [1.165, 1.54) is 0 Å². The third-order valence-corrected chi connectivity index (χ3v) is 3.16. The second-order valence-electron chi connectivity index (χ2n) is 3.45. The summed E-state index contributed by atoms with van der Waals surface area (Å²) in [6.45, 7) is 1.86. The maximum Gasteiger partial charge on any atom is 0.191 e. The molecule has 0 atom stereocenters. The fraction of sp³-hybridized carbons (Fsp3) is 0.167. The van der Waals surface area contributed by atoms with Gasteiger partial charge in [-0.25, -0.2) is 17.6 Å². The van der Waals surface area contributed by atoms with Gasteiger partial charge in [0.05, 0.1) is 0 Å². The zero-order chi connectivity index (χ0) is 14.0. The standard InChI is InChI=1S/C12H6F4N2S/c1-2-9-17-18-10(19-9)4-3-6-11(15)7(13)5-8(14)12(6)16/h5H,2H2,1H3. The summed E-state index contributed by atoms with van der Waals surface area (Å²) in [5.41, 5.74) is -0.953. The van der Waals surface area contributed by atoms with Crippen molar-refractivity contribution in [2.24, 2.45) is 0 Å². The molecule has 1 aromatic carbocycles. The number of hydrogen-bond donors (Lipinski definition) is 0. The van der Waals surface area contributed by atoms with E-state index in [1.807, 2.05) is 12.8 Å². The molecule has 0 bridgehead atoms. The number of halogens is 4. The molecular formula is C12H6F4N2S. The molecule has 7 heteroatoms. The summed E-state index contributed by atoms with van der Waals surface area (Å²) in [4.78, 5) is 0. The normalized spacial score (nSPS) is 10.2. The first kappa shape index (κ1) is 13.5. The van der Waals surface area contributed by atoms with Crippen LogP contribution in [-0.4, -0.2) is 10.2 Å². The molecule has 0 N–H and O–H groups in total. The average Bonchev–Trinajstić information content (AvgIpc) is 2.84. The monoisotopic (exact) mass is 286 g/mol. The van der Waals surface area contributed by atoms with E-state index in [4.69, 9.17) is 0 Å². The van der Waals surface area contributed by atoms with E-state index in [2.05, 4.69) is 16.1 Å². The zero-order valence-corrected chi connectivity index (χ0v) is 10.4. The Hall–Kier alpha value is -1.94. The maximum absolute atomic E-state index is 13.3. The van der Waals surface area contributed by atoms with Gasteiger partial charge in [0.2, 0.25) is 0 Å². The largest absolute Gasteiger partial charge is 0.204 e. The molecule has 0 fully saturated rings. The lowest BCUT2D eigenvalue weighted by atomic mass is 10.2. The fourth-order valence-corrected chi connectivity index (χ4v) is 1.88. The van der Waals surface area contributed by atoms with Crippen LogP contribution in [0, 0.1) is 35.1 Å². The highest BCUT2D eigenvalue weighted by Crippen LogP contribution is 2.18. The van der Waals surface area contributed by atoms with Gasteiger partial charge < -0.3 is 0 Å². The van der Waals surface area contributed by atoms with E-state index >= 15 is 0 Å². The van der Waals surface area contributed by atoms with Crippen molar-refractivity contribution in [1.29, 1.82) is 0 Å². The number of nitrogens with zero attached hydrogens (tertiary/aromatic N) is 2. The Kier molecular flexibility index (Phi) is 3.81. The first-order valence-electron chi connectivity index (χ1n) is 5.20. The molecule has 0 aliphatic heterocycles. The summed E-state index contributed by atoms with van der Waals surface area (Å²) in [5, 5.41) is 8.35. The highest BCUT2D eigenvalue weighted by atomic mass is 32.1. The number of aryl methyl sites for hydroxylation is 1. The van der Waals surface area contributed by atoms with Crippen molar-refractivity contribution in [3.8, 4) is 11.8 Å². The minimum absolute atomic E-state index is 0.135. The highest BCUT2D eigenvalue weighted by molar-refractivity contribution is 7.11. The van der Waals surface area contributed by atoms with Crippen LogP contribution >= 0.6 is 11.3 Å². The van der Waals surface area contributed by atoms with Crippen molar-refractivity contribution in [2.45, 2.75) is 13.3 Å². The minimum atomic E-state index is -1.52. The Labute approximate surface area is 110 Å². The molecule has 1 aromatic heterocycles. The Morgan fingerprint density at radius 1 is 1.05 bits per heavy atom.